The first-order valence-electron chi connectivity index (χ1n) is 18.2. The van der Waals surface area contributed by atoms with Gasteiger partial charge in [-0.25, -0.2) is 0 Å². The lowest BCUT2D eigenvalue weighted by molar-refractivity contribution is 0.183. The second-order valence-corrected chi connectivity index (χ2v) is 27.8. The van der Waals surface area contributed by atoms with Crippen LogP contribution in [-0.4, -0.2) is 47.5 Å². The predicted octanol–water partition coefficient (Wildman–Crippen LogP) is 11.6. The summed E-state index contributed by atoms with van der Waals surface area (Å²) in [6.07, 6.45) is 6.37. The molecule has 1 heterocycles. The van der Waals surface area contributed by atoms with Crippen LogP contribution >= 0.6 is 0 Å². The Bertz CT molecular complexity index is 1500. The van der Waals surface area contributed by atoms with Gasteiger partial charge in [0.1, 0.15) is 12.4 Å². The summed E-state index contributed by atoms with van der Waals surface area (Å²) < 4.78 is 13.1. The molecule has 0 saturated carbocycles. The van der Waals surface area contributed by atoms with Gasteiger partial charge in [-0.3, -0.25) is 4.90 Å². The topological polar surface area (TPSA) is 33.7 Å². The number of anilines is 2. The number of benzene rings is 3. The minimum absolute atomic E-state index is 0.208. The number of ether oxygens (including phenoxy) is 1. The van der Waals surface area contributed by atoms with Crippen LogP contribution < -0.4 is 10.1 Å². The maximum atomic E-state index is 6.91. The Labute approximate surface area is 288 Å². The van der Waals surface area contributed by atoms with Crippen molar-refractivity contribution in [2.75, 3.05) is 31.6 Å². The number of fused-ring (bicyclic) bond motifs is 1. The van der Waals surface area contributed by atoms with Crippen LogP contribution in [0.15, 0.2) is 60.7 Å². The van der Waals surface area contributed by atoms with Crippen LogP contribution in [0.5, 0.6) is 5.75 Å². The maximum Gasteiger partial charge on any atom is 0.192 e. The lowest BCUT2D eigenvalue weighted by atomic mass is 9.97. The molecule has 0 spiro atoms. The van der Waals surface area contributed by atoms with Crippen molar-refractivity contribution in [2.24, 2.45) is 0 Å². The summed E-state index contributed by atoms with van der Waals surface area (Å²) in [5, 5.41) is 4.38. The molecule has 1 unspecified atom stereocenters. The highest BCUT2D eigenvalue weighted by Crippen LogP contribution is 2.45. The van der Waals surface area contributed by atoms with Gasteiger partial charge in [0.05, 0.1) is 14.2 Å². The monoisotopic (exact) mass is 670 g/mol. The highest BCUT2D eigenvalue weighted by atomic mass is 28.4. The summed E-state index contributed by atoms with van der Waals surface area (Å²) in [6, 6.07) is 23.9. The standard InChI is InChI=1S/C41H62N2O2Si2/c1-40(2,3)46(7,8)30-31-14-21-36(32-15-22-37-33(29-32)16-23-39(37)45-47(9,10)41(4,5)6)38(28-31)42-34-17-19-35(20-18-34)44-27-26-43-24-12-11-13-25-43/h14-15,17-22,28-29,39,42H,11-13,16,23-27,30H2,1-10H3. The van der Waals surface area contributed by atoms with Crippen molar-refractivity contribution in [3.8, 4) is 16.9 Å². The zero-order valence-corrected chi connectivity index (χ0v) is 33.2. The zero-order chi connectivity index (χ0) is 34.0. The number of nitrogens with one attached hydrogen (secondary N) is 1. The summed E-state index contributed by atoms with van der Waals surface area (Å²) >= 11 is 0. The molecule has 0 radical (unpaired) electrons. The summed E-state index contributed by atoms with van der Waals surface area (Å²) in [5.74, 6) is 0.938. The molecule has 0 aromatic heterocycles. The van der Waals surface area contributed by atoms with Crippen molar-refractivity contribution in [3.63, 3.8) is 0 Å². The Morgan fingerprint density at radius 1 is 0.809 bits per heavy atom. The minimum Gasteiger partial charge on any atom is -0.492 e. The van der Waals surface area contributed by atoms with Crippen LogP contribution in [0.1, 0.15) is 90.0 Å². The fourth-order valence-electron chi connectivity index (χ4n) is 6.50. The second kappa shape index (κ2) is 14.2. The van der Waals surface area contributed by atoms with Crippen LogP contribution in [0.4, 0.5) is 11.4 Å². The number of rotatable bonds is 11. The summed E-state index contributed by atoms with van der Waals surface area (Å²) in [7, 11) is -3.35. The third-order valence-corrected chi connectivity index (χ3v) is 21.6. The Morgan fingerprint density at radius 2 is 1.51 bits per heavy atom. The highest BCUT2D eigenvalue weighted by Gasteiger charge is 2.41. The molecular weight excluding hydrogens is 609 g/mol. The van der Waals surface area contributed by atoms with Crippen molar-refractivity contribution in [1.82, 2.24) is 4.90 Å². The number of hydrogen-bond donors (Lipinski definition) is 1. The summed E-state index contributed by atoms with van der Waals surface area (Å²) in [4.78, 5) is 2.53. The molecule has 256 valence electrons. The van der Waals surface area contributed by atoms with E-state index in [2.05, 4.69) is 139 Å². The zero-order valence-electron chi connectivity index (χ0n) is 31.2. The van der Waals surface area contributed by atoms with E-state index in [1.165, 1.54) is 65.9 Å². The molecule has 1 fully saturated rings. The van der Waals surface area contributed by atoms with Gasteiger partial charge in [-0.05, 0) is 121 Å². The van der Waals surface area contributed by atoms with Gasteiger partial charge >= 0.3 is 0 Å². The minimum atomic E-state index is -1.85. The Hall–Kier alpha value is -2.39. The van der Waals surface area contributed by atoms with Crippen molar-refractivity contribution in [1.29, 1.82) is 0 Å². The molecule has 0 bridgehead atoms. The molecule has 3 aromatic rings. The average Bonchev–Trinajstić information content (AvgIpc) is 3.38. The van der Waals surface area contributed by atoms with Crippen LogP contribution in [0.2, 0.25) is 36.3 Å². The number of likely N-dealkylation sites (tertiary alicyclic amines) is 1. The van der Waals surface area contributed by atoms with E-state index >= 15 is 0 Å². The first kappa shape index (κ1) is 35.9. The molecule has 6 heteroatoms. The molecule has 1 atom stereocenters. The molecule has 4 nitrogen and oxygen atoms in total. The van der Waals surface area contributed by atoms with Crippen LogP contribution in [0, 0.1) is 0 Å². The van der Waals surface area contributed by atoms with Gasteiger partial charge in [-0.2, -0.15) is 0 Å². The third-order valence-electron chi connectivity index (χ3n) is 11.7. The molecular formula is C41H62N2O2Si2. The molecule has 1 saturated heterocycles. The Balaban J connectivity index is 1.37. The molecule has 3 aromatic carbocycles. The second-order valence-electron chi connectivity index (χ2n) is 17.4. The number of aryl methyl sites for hydroxylation is 1. The van der Waals surface area contributed by atoms with Gasteiger partial charge in [0.2, 0.25) is 0 Å². The molecule has 2 aliphatic rings. The van der Waals surface area contributed by atoms with E-state index in [0.29, 0.717) is 5.04 Å². The van der Waals surface area contributed by atoms with Gasteiger partial charge in [0.25, 0.3) is 0 Å². The first-order chi connectivity index (χ1) is 22.0. The molecule has 47 heavy (non-hydrogen) atoms. The first-order valence-corrected chi connectivity index (χ1v) is 24.3. The Morgan fingerprint density at radius 3 is 2.17 bits per heavy atom. The third kappa shape index (κ3) is 8.81. The smallest absolute Gasteiger partial charge is 0.192 e. The van der Waals surface area contributed by atoms with E-state index in [1.54, 1.807) is 0 Å². The Kier molecular flexibility index (Phi) is 10.9. The van der Waals surface area contributed by atoms with E-state index in [9.17, 15) is 0 Å². The van der Waals surface area contributed by atoms with Crippen LogP contribution in [-0.2, 0) is 16.9 Å². The van der Waals surface area contributed by atoms with E-state index in [-0.39, 0.29) is 11.1 Å². The van der Waals surface area contributed by atoms with Crippen molar-refractivity contribution >= 4 is 27.8 Å². The predicted molar refractivity (Wildman–Crippen MR) is 208 cm³/mol. The van der Waals surface area contributed by atoms with Gasteiger partial charge in [0, 0.05) is 23.5 Å². The summed E-state index contributed by atoms with van der Waals surface area (Å²) in [5.41, 5.74) is 9.03. The van der Waals surface area contributed by atoms with E-state index in [4.69, 9.17) is 9.16 Å². The van der Waals surface area contributed by atoms with Crippen molar-refractivity contribution in [2.45, 2.75) is 122 Å². The van der Waals surface area contributed by atoms with E-state index < -0.39 is 16.4 Å². The molecule has 1 N–H and O–H groups in total. The van der Waals surface area contributed by atoms with Gasteiger partial charge < -0.3 is 14.5 Å². The molecule has 1 aliphatic heterocycles. The lowest BCUT2D eigenvalue weighted by Gasteiger charge is -2.38. The fourth-order valence-corrected chi connectivity index (χ4v) is 9.58. The van der Waals surface area contributed by atoms with Gasteiger partial charge in [-0.15, -0.1) is 0 Å². The molecule has 1 aliphatic carbocycles. The largest absolute Gasteiger partial charge is 0.492 e. The van der Waals surface area contributed by atoms with E-state index in [1.807, 2.05) is 0 Å². The SMILES string of the molecule is CC(C)(C)[Si](C)(C)Cc1ccc(-c2ccc3c(c2)CCC3O[Si](C)(C)C(C)(C)C)c(Nc2ccc(OCCN3CCCCC3)cc2)c1. The van der Waals surface area contributed by atoms with Gasteiger partial charge in [-0.1, -0.05) is 91.4 Å². The lowest BCUT2D eigenvalue weighted by Crippen LogP contribution is -2.41. The quantitative estimate of drug-likeness (QED) is 0.206. The fraction of sp³-hybridized carbons (Fsp3) is 0.561. The molecule has 5 rings (SSSR count). The summed E-state index contributed by atoms with van der Waals surface area (Å²) in [6.45, 7) is 28.2. The number of hydrogen-bond acceptors (Lipinski definition) is 4. The molecule has 0 amide bonds. The highest BCUT2D eigenvalue weighted by molar-refractivity contribution is 6.79. The van der Waals surface area contributed by atoms with Crippen molar-refractivity contribution < 1.29 is 9.16 Å². The van der Waals surface area contributed by atoms with Crippen LogP contribution in [0.3, 0.4) is 0 Å². The maximum absolute atomic E-state index is 6.91. The van der Waals surface area contributed by atoms with Crippen LogP contribution in [0.25, 0.3) is 11.1 Å². The van der Waals surface area contributed by atoms with Crippen molar-refractivity contribution in [3.05, 3.63) is 77.4 Å². The number of piperidine rings is 1. The normalized spacial score (nSPS) is 17.9. The van der Waals surface area contributed by atoms with Gasteiger partial charge in [0.15, 0.2) is 8.32 Å². The average molecular weight is 671 g/mol. The number of nitrogens with zero attached hydrogens (tertiary/aromatic N) is 1. The van der Waals surface area contributed by atoms with E-state index in [0.717, 1.165) is 43.5 Å².